The summed E-state index contributed by atoms with van der Waals surface area (Å²) >= 11 is 3.60. The van der Waals surface area contributed by atoms with Gasteiger partial charge in [0.15, 0.2) is 0 Å². The van der Waals surface area contributed by atoms with E-state index in [9.17, 15) is 4.79 Å². The average Bonchev–Trinajstić information content (AvgIpc) is 2.92. The molecule has 0 unspecified atom stereocenters. The molecule has 26 heavy (non-hydrogen) atoms. The molecule has 0 spiro atoms. The number of para-hydroxylation sites is 1. The molecule has 0 aliphatic carbocycles. The first-order chi connectivity index (χ1) is 12.6. The third kappa shape index (κ3) is 3.29. The maximum absolute atomic E-state index is 13.2. The highest BCUT2D eigenvalue weighted by Gasteiger charge is 2.23. The zero-order chi connectivity index (χ0) is 18.7. The van der Waals surface area contributed by atoms with E-state index in [0.717, 1.165) is 20.9 Å². The van der Waals surface area contributed by atoms with Gasteiger partial charge >= 0.3 is 0 Å². The highest BCUT2D eigenvalue weighted by molar-refractivity contribution is 9.10. The summed E-state index contributed by atoms with van der Waals surface area (Å²) in [5.74, 6) is -0.0696. The van der Waals surface area contributed by atoms with Crippen molar-refractivity contribution in [2.45, 2.75) is 6.54 Å². The number of rotatable bonds is 5. The van der Waals surface area contributed by atoms with Crippen molar-refractivity contribution in [2.75, 3.05) is 6.54 Å². The normalized spacial score (nSPS) is 10.5. The van der Waals surface area contributed by atoms with Crippen LogP contribution in [0.5, 0.6) is 0 Å². The molecule has 0 bridgehead atoms. The lowest BCUT2D eigenvalue weighted by atomic mass is 10.1. The molecule has 3 rings (SSSR count). The van der Waals surface area contributed by atoms with Crippen molar-refractivity contribution in [3.05, 3.63) is 82.5 Å². The van der Waals surface area contributed by atoms with Gasteiger partial charge in [0.1, 0.15) is 5.69 Å². The van der Waals surface area contributed by atoms with E-state index in [1.54, 1.807) is 23.1 Å². The van der Waals surface area contributed by atoms with Crippen molar-refractivity contribution in [1.29, 1.82) is 5.26 Å². The van der Waals surface area contributed by atoms with Crippen molar-refractivity contribution in [3.8, 4) is 6.07 Å². The molecule has 1 aromatic heterocycles. The third-order valence-corrected chi connectivity index (χ3v) is 5.14. The Balaban J connectivity index is 1.96. The lowest BCUT2D eigenvalue weighted by Crippen LogP contribution is -2.32. The van der Waals surface area contributed by atoms with Gasteiger partial charge in [-0.3, -0.25) is 4.79 Å². The molecule has 0 aliphatic rings. The van der Waals surface area contributed by atoms with Gasteiger partial charge in [-0.2, -0.15) is 5.26 Å². The van der Waals surface area contributed by atoms with Crippen molar-refractivity contribution in [2.24, 2.45) is 7.05 Å². The standard InChI is InChI=1S/C21H18BrN3O/c1-3-12-25(14-16-10-8-15(13-23)9-11-16)21(26)20-19(22)17-6-4-5-7-18(17)24(20)2/h3-11H,1,12,14H2,2H3. The number of nitrogens with zero attached hydrogens (tertiary/aromatic N) is 3. The van der Waals surface area contributed by atoms with E-state index in [2.05, 4.69) is 28.6 Å². The second-order valence-corrected chi connectivity index (χ2v) is 6.81. The van der Waals surface area contributed by atoms with Gasteiger partial charge in [0.2, 0.25) is 0 Å². The summed E-state index contributed by atoms with van der Waals surface area (Å²) in [5, 5.41) is 9.94. The van der Waals surface area contributed by atoms with Gasteiger partial charge in [-0.1, -0.05) is 36.4 Å². The molecule has 1 amide bonds. The molecular formula is C21H18BrN3O. The van der Waals surface area contributed by atoms with Gasteiger partial charge in [-0.15, -0.1) is 6.58 Å². The first-order valence-electron chi connectivity index (χ1n) is 8.19. The van der Waals surface area contributed by atoms with E-state index < -0.39 is 0 Å². The van der Waals surface area contributed by atoms with Crippen LogP contribution >= 0.6 is 15.9 Å². The van der Waals surface area contributed by atoms with Crippen LogP contribution in [0.2, 0.25) is 0 Å². The zero-order valence-corrected chi connectivity index (χ0v) is 16.0. The number of nitriles is 1. The monoisotopic (exact) mass is 407 g/mol. The molecule has 0 aliphatic heterocycles. The van der Waals surface area contributed by atoms with E-state index >= 15 is 0 Å². The van der Waals surface area contributed by atoms with Gasteiger partial charge in [0.05, 0.1) is 16.1 Å². The number of hydrogen-bond donors (Lipinski definition) is 0. The quantitative estimate of drug-likeness (QED) is 0.578. The minimum Gasteiger partial charge on any atom is -0.339 e. The van der Waals surface area contributed by atoms with Crippen LogP contribution in [0.4, 0.5) is 0 Å². The Bertz CT molecular complexity index is 973. The summed E-state index contributed by atoms with van der Waals surface area (Å²) in [5.41, 5.74) is 3.18. The molecule has 1 heterocycles. The van der Waals surface area contributed by atoms with Gasteiger partial charge in [-0.25, -0.2) is 0 Å². The smallest absolute Gasteiger partial charge is 0.272 e. The number of aromatic nitrogens is 1. The lowest BCUT2D eigenvalue weighted by molar-refractivity contribution is 0.0752. The minimum atomic E-state index is -0.0696. The van der Waals surface area contributed by atoms with Crippen LogP contribution in [-0.2, 0) is 13.6 Å². The SMILES string of the molecule is C=CCN(Cc1ccc(C#N)cc1)C(=O)c1c(Br)c2ccccc2n1C. The number of aryl methyl sites for hydroxylation is 1. The maximum Gasteiger partial charge on any atom is 0.272 e. The maximum atomic E-state index is 13.2. The number of benzene rings is 2. The molecule has 0 fully saturated rings. The first-order valence-corrected chi connectivity index (χ1v) is 8.98. The number of fused-ring (bicyclic) bond motifs is 1. The predicted octanol–water partition coefficient (Wildman–Crippen LogP) is 4.64. The molecule has 5 heteroatoms. The topological polar surface area (TPSA) is 49.0 Å². The predicted molar refractivity (Wildman–Crippen MR) is 107 cm³/mol. The van der Waals surface area contributed by atoms with Crippen LogP contribution in [0.3, 0.4) is 0 Å². The van der Waals surface area contributed by atoms with E-state index in [1.807, 2.05) is 48.0 Å². The summed E-state index contributed by atoms with van der Waals surface area (Å²) in [4.78, 5) is 15.0. The molecule has 130 valence electrons. The second kappa shape index (κ2) is 7.59. The zero-order valence-electron chi connectivity index (χ0n) is 14.4. The second-order valence-electron chi connectivity index (χ2n) is 6.02. The molecule has 0 saturated carbocycles. The molecule has 0 atom stereocenters. The summed E-state index contributed by atoms with van der Waals surface area (Å²) < 4.78 is 2.71. The van der Waals surface area contributed by atoms with Crippen LogP contribution in [-0.4, -0.2) is 21.9 Å². The number of carbonyl (C=O) groups excluding carboxylic acids is 1. The van der Waals surface area contributed by atoms with Crippen molar-refractivity contribution >= 4 is 32.7 Å². The fraction of sp³-hybridized carbons (Fsp3) is 0.143. The first kappa shape index (κ1) is 18.0. The Kier molecular flexibility index (Phi) is 5.24. The fourth-order valence-electron chi connectivity index (χ4n) is 3.01. The highest BCUT2D eigenvalue weighted by atomic mass is 79.9. The van der Waals surface area contributed by atoms with Gasteiger partial charge in [0, 0.05) is 31.0 Å². The minimum absolute atomic E-state index is 0.0696. The Morgan fingerprint density at radius 1 is 1.27 bits per heavy atom. The number of carbonyl (C=O) groups is 1. The molecule has 4 nitrogen and oxygen atoms in total. The van der Waals surface area contributed by atoms with E-state index in [4.69, 9.17) is 5.26 Å². The van der Waals surface area contributed by atoms with Crippen molar-refractivity contribution in [1.82, 2.24) is 9.47 Å². The average molecular weight is 408 g/mol. The lowest BCUT2D eigenvalue weighted by Gasteiger charge is -2.22. The van der Waals surface area contributed by atoms with Gasteiger partial charge in [0.25, 0.3) is 5.91 Å². The molecule has 0 saturated heterocycles. The van der Waals surface area contributed by atoms with Crippen LogP contribution < -0.4 is 0 Å². The van der Waals surface area contributed by atoms with Crippen LogP contribution in [0.25, 0.3) is 10.9 Å². The number of halogens is 1. The van der Waals surface area contributed by atoms with Crippen LogP contribution in [0, 0.1) is 11.3 Å². The van der Waals surface area contributed by atoms with E-state index in [0.29, 0.717) is 24.3 Å². The van der Waals surface area contributed by atoms with Gasteiger partial charge in [-0.05, 0) is 39.7 Å². The summed E-state index contributed by atoms with van der Waals surface area (Å²) in [6.07, 6.45) is 1.72. The Hall–Kier alpha value is -2.84. The number of hydrogen-bond acceptors (Lipinski definition) is 2. The van der Waals surface area contributed by atoms with Crippen molar-refractivity contribution < 1.29 is 4.79 Å². The highest BCUT2D eigenvalue weighted by Crippen LogP contribution is 2.31. The molecular weight excluding hydrogens is 390 g/mol. The van der Waals surface area contributed by atoms with Crippen LogP contribution in [0.15, 0.2) is 65.7 Å². The molecule has 0 N–H and O–H groups in total. The molecule has 0 radical (unpaired) electrons. The van der Waals surface area contributed by atoms with E-state index in [-0.39, 0.29) is 5.91 Å². The summed E-state index contributed by atoms with van der Waals surface area (Å²) in [6, 6.07) is 17.3. The Morgan fingerprint density at radius 2 is 1.96 bits per heavy atom. The fourth-order valence-corrected chi connectivity index (χ4v) is 3.79. The van der Waals surface area contributed by atoms with E-state index in [1.165, 1.54) is 0 Å². The molecule has 2 aromatic carbocycles. The third-order valence-electron chi connectivity index (χ3n) is 4.34. The summed E-state index contributed by atoms with van der Waals surface area (Å²) in [6.45, 7) is 4.66. The Morgan fingerprint density at radius 3 is 2.58 bits per heavy atom. The summed E-state index contributed by atoms with van der Waals surface area (Å²) in [7, 11) is 1.90. The molecule has 3 aromatic rings. The van der Waals surface area contributed by atoms with Gasteiger partial charge < -0.3 is 9.47 Å². The van der Waals surface area contributed by atoms with Crippen LogP contribution in [0.1, 0.15) is 21.6 Å². The van der Waals surface area contributed by atoms with Crippen molar-refractivity contribution in [3.63, 3.8) is 0 Å². The Labute approximate surface area is 161 Å². The largest absolute Gasteiger partial charge is 0.339 e. The number of amides is 1.